The molecule has 22 heavy (non-hydrogen) atoms. The molecule has 9 heteroatoms. The summed E-state index contributed by atoms with van der Waals surface area (Å²) < 4.78 is 26.4. The highest BCUT2D eigenvalue weighted by Crippen LogP contribution is 2.16. The maximum absolute atomic E-state index is 13.4. The van der Waals surface area contributed by atoms with Gasteiger partial charge in [-0.15, -0.1) is 0 Å². The van der Waals surface area contributed by atoms with Crippen molar-refractivity contribution in [1.29, 1.82) is 0 Å². The Morgan fingerprint density at radius 1 is 1.14 bits per heavy atom. The van der Waals surface area contributed by atoms with Gasteiger partial charge in [-0.1, -0.05) is 0 Å². The highest BCUT2D eigenvalue weighted by atomic mass is 19.1. The summed E-state index contributed by atoms with van der Waals surface area (Å²) in [6, 6.07) is 1.52. The number of likely N-dealkylation sites (N-methyl/N-ethyl adjacent to an activating group) is 1. The van der Waals surface area contributed by atoms with E-state index < -0.39 is 47.6 Å². The summed E-state index contributed by atoms with van der Waals surface area (Å²) in [5, 5.41) is 2.04. The minimum atomic E-state index is -1.14. The molecule has 0 aliphatic carbocycles. The molecule has 7 nitrogen and oxygen atoms in total. The van der Waals surface area contributed by atoms with Crippen LogP contribution >= 0.6 is 0 Å². The van der Waals surface area contributed by atoms with Gasteiger partial charge in [0, 0.05) is 12.6 Å². The quantitative estimate of drug-likeness (QED) is 0.655. The Morgan fingerprint density at radius 3 is 2.36 bits per heavy atom. The lowest BCUT2D eigenvalue weighted by Crippen LogP contribution is -2.39. The fourth-order valence-electron chi connectivity index (χ4n) is 1.90. The highest BCUT2D eigenvalue weighted by Gasteiger charge is 2.44. The van der Waals surface area contributed by atoms with Crippen molar-refractivity contribution in [3.05, 3.63) is 29.8 Å². The number of carbonyl (C=O) groups excluding carboxylic acids is 4. The lowest BCUT2D eigenvalue weighted by molar-refractivity contribution is -0.143. The van der Waals surface area contributed by atoms with Crippen molar-refractivity contribution in [3.63, 3.8) is 0 Å². The van der Waals surface area contributed by atoms with Crippen molar-refractivity contribution in [2.45, 2.75) is 6.92 Å². The molecule has 0 saturated carbocycles. The number of nitrogens with zero attached hydrogens (tertiary/aromatic N) is 2. The zero-order valence-corrected chi connectivity index (χ0v) is 11.4. The van der Waals surface area contributed by atoms with Crippen LogP contribution in [0.15, 0.2) is 18.2 Å². The van der Waals surface area contributed by atoms with Crippen LogP contribution in [0.25, 0.3) is 0 Å². The third kappa shape index (κ3) is 2.78. The number of hydrogen-bond donors (Lipinski definition) is 1. The SMILES string of the molecule is CCN1C(=O)C(=O)N(CC(=O)Nc2cc(F)ccc2F)C1=O. The Kier molecular flexibility index (Phi) is 4.15. The van der Waals surface area contributed by atoms with Crippen molar-refractivity contribution in [2.24, 2.45) is 0 Å². The third-order valence-corrected chi connectivity index (χ3v) is 2.96. The van der Waals surface area contributed by atoms with Crippen molar-refractivity contribution < 1.29 is 28.0 Å². The molecule has 1 aliphatic heterocycles. The summed E-state index contributed by atoms with van der Waals surface area (Å²) in [6.45, 7) is 0.713. The van der Waals surface area contributed by atoms with E-state index in [2.05, 4.69) is 0 Å². The number of hydrogen-bond acceptors (Lipinski definition) is 4. The minimum absolute atomic E-state index is 0.0138. The van der Waals surface area contributed by atoms with Crippen LogP contribution in [0, 0.1) is 11.6 Å². The lowest BCUT2D eigenvalue weighted by Gasteiger charge is -2.14. The largest absolute Gasteiger partial charge is 0.334 e. The van der Waals surface area contributed by atoms with Gasteiger partial charge in [0.2, 0.25) is 5.91 Å². The lowest BCUT2D eigenvalue weighted by atomic mass is 10.3. The Labute approximate surface area is 123 Å². The zero-order chi connectivity index (χ0) is 16.4. The second-order valence-electron chi connectivity index (χ2n) is 4.40. The van der Waals surface area contributed by atoms with E-state index >= 15 is 0 Å². The summed E-state index contributed by atoms with van der Waals surface area (Å²) >= 11 is 0. The summed E-state index contributed by atoms with van der Waals surface area (Å²) in [5.41, 5.74) is -0.428. The van der Waals surface area contributed by atoms with Gasteiger partial charge in [-0.05, 0) is 19.1 Å². The normalized spacial score (nSPS) is 14.8. The predicted octanol–water partition coefficient (Wildman–Crippen LogP) is 0.714. The highest BCUT2D eigenvalue weighted by molar-refractivity contribution is 6.45. The molecule has 2 rings (SSSR count). The summed E-state index contributed by atoms with van der Waals surface area (Å²) in [4.78, 5) is 47.7. The summed E-state index contributed by atoms with van der Waals surface area (Å²) in [6.07, 6.45) is 0. The molecule has 1 saturated heterocycles. The number of rotatable bonds is 4. The first-order valence-corrected chi connectivity index (χ1v) is 6.27. The van der Waals surface area contributed by atoms with Gasteiger partial charge in [-0.25, -0.2) is 18.5 Å². The molecule has 116 valence electrons. The molecule has 0 radical (unpaired) electrons. The van der Waals surface area contributed by atoms with Crippen molar-refractivity contribution in [1.82, 2.24) is 9.80 Å². The van der Waals surface area contributed by atoms with Crippen LogP contribution in [-0.2, 0) is 14.4 Å². The molecule has 0 bridgehead atoms. The monoisotopic (exact) mass is 311 g/mol. The van der Waals surface area contributed by atoms with Gasteiger partial charge in [-0.2, -0.15) is 0 Å². The number of carbonyl (C=O) groups is 4. The molecular formula is C13H11F2N3O4. The molecule has 1 heterocycles. The van der Waals surface area contributed by atoms with Crippen molar-refractivity contribution in [3.8, 4) is 0 Å². The smallest absolute Gasteiger partial charge is 0.322 e. The number of halogens is 2. The Balaban J connectivity index is 2.09. The van der Waals surface area contributed by atoms with Crippen LogP contribution in [0.2, 0.25) is 0 Å². The minimum Gasteiger partial charge on any atom is -0.322 e. The van der Waals surface area contributed by atoms with Crippen LogP contribution in [-0.4, -0.2) is 46.6 Å². The van der Waals surface area contributed by atoms with E-state index in [1.165, 1.54) is 6.92 Å². The standard InChI is InChI=1S/C13H11F2N3O4/c1-2-17-11(20)12(21)18(13(17)22)6-10(19)16-9-5-7(14)3-4-8(9)15/h3-5H,2,6H2,1H3,(H,16,19). The van der Waals surface area contributed by atoms with Gasteiger partial charge in [0.05, 0.1) is 5.69 Å². The van der Waals surface area contributed by atoms with E-state index in [1.54, 1.807) is 0 Å². The van der Waals surface area contributed by atoms with Crippen LogP contribution < -0.4 is 5.32 Å². The first kappa shape index (κ1) is 15.5. The van der Waals surface area contributed by atoms with Crippen molar-refractivity contribution >= 4 is 29.4 Å². The van der Waals surface area contributed by atoms with Gasteiger partial charge in [0.25, 0.3) is 0 Å². The Morgan fingerprint density at radius 2 is 1.77 bits per heavy atom. The van der Waals surface area contributed by atoms with Crippen LogP contribution in [0.1, 0.15) is 6.92 Å². The molecule has 0 aromatic heterocycles. The van der Waals surface area contributed by atoms with E-state index in [0.717, 1.165) is 18.2 Å². The molecule has 5 amide bonds. The topological polar surface area (TPSA) is 86.8 Å². The Bertz CT molecular complexity index is 677. The second-order valence-corrected chi connectivity index (χ2v) is 4.40. The molecule has 1 aliphatic rings. The number of nitrogens with one attached hydrogen (secondary N) is 1. The number of urea groups is 1. The average molecular weight is 311 g/mol. The van der Waals surface area contributed by atoms with E-state index in [4.69, 9.17) is 0 Å². The zero-order valence-electron chi connectivity index (χ0n) is 11.4. The van der Waals surface area contributed by atoms with Crippen LogP contribution in [0.4, 0.5) is 19.3 Å². The van der Waals surface area contributed by atoms with Crippen LogP contribution in [0.3, 0.4) is 0 Å². The fraction of sp³-hybridized carbons (Fsp3) is 0.231. The second kappa shape index (κ2) is 5.88. The van der Waals surface area contributed by atoms with Gasteiger partial charge in [0.1, 0.15) is 18.2 Å². The molecule has 1 fully saturated rings. The molecular weight excluding hydrogens is 300 g/mol. The van der Waals surface area contributed by atoms with E-state index in [9.17, 15) is 28.0 Å². The molecule has 0 spiro atoms. The number of amides is 5. The number of anilines is 1. The maximum Gasteiger partial charge on any atom is 0.334 e. The van der Waals surface area contributed by atoms with Gasteiger partial charge < -0.3 is 5.32 Å². The van der Waals surface area contributed by atoms with E-state index in [0.29, 0.717) is 9.80 Å². The predicted molar refractivity (Wildman–Crippen MR) is 69.5 cm³/mol. The molecule has 1 aromatic rings. The molecule has 1 aromatic carbocycles. The van der Waals surface area contributed by atoms with Gasteiger partial charge in [-0.3, -0.25) is 19.3 Å². The molecule has 1 N–H and O–H groups in total. The summed E-state index contributed by atoms with van der Waals surface area (Å²) in [7, 11) is 0. The fourth-order valence-corrected chi connectivity index (χ4v) is 1.90. The average Bonchev–Trinajstić information content (AvgIpc) is 2.66. The van der Waals surface area contributed by atoms with Crippen LogP contribution in [0.5, 0.6) is 0 Å². The van der Waals surface area contributed by atoms with Gasteiger partial charge >= 0.3 is 17.8 Å². The van der Waals surface area contributed by atoms with Gasteiger partial charge in [0.15, 0.2) is 0 Å². The molecule has 0 unspecified atom stereocenters. The number of imide groups is 2. The first-order chi connectivity index (χ1) is 10.3. The van der Waals surface area contributed by atoms with Crippen molar-refractivity contribution in [2.75, 3.05) is 18.4 Å². The van der Waals surface area contributed by atoms with E-state index in [-0.39, 0.29) is 6.54 Å². The number of benzene rings is 1. The Hall–Kier alpha value is -2.84. The first-order valence-electron chi connectivity index (χ1n) is 6.27. The summed E-state index contributed by atoms with van der Waals surface area (Å²) in [5.74, 6) is -4.74. The van der Waals surface area contributed by atoms with E-state index in [1.807, 2.05) is 5.32 Å². The molecule has 0 atom stereocenters. The maximum atomic E-state index is 13.4. The third-order valence-electron chi connectivity index (χ3n) is 2.96.